The van der Waals surface area contributed by atoms with Gasteiger partial charge in [-0.05, 0) is 36.6 Å². The van der Waals surface area contributed by atoms with Crippen molar-refractivity contribution in [2.75, 3.05) is 18.0 Å². The fourth-order valence-electron chi connectivity index (χ4n) is 2.29. The van der Waals surface area contributed by atoms with Gasteiger partial charge in [0.05, 0.1) is 11.3 Å². The first kappa shape index (κ1) is 13.3. The lowest BCUT2D eigenvalue weighted by Crippen LogP contribution is -2.33. The Balaban J connectivity index is 1.74. The number of anilines is 1. The zero-order valence-electron chi connectivity index (χ0n) is 11.0. The molecule has 1 aromatic rings. The molecule has 0 radical (unpaired) electrons. The van der Waals surface area contributed by atoms with Crippen LogP contribution in [0, 0.1) is 0 Å². The fraction of sp³-hybridized carbons (Fsp3) is 0.333. The van der Waals surface area contributed by atoms with Crippen molar-refractivity contribution in [1.29, 1.82) is 0 Å². The van der Waals surface area contributed by atoms with E-state index in [1.165, 1.54) is 17.7 Å². The van der Waals surface area contributed by atoms with Crippen LogP contribution in [-0.4, -0.2) is 30.8 Å². The second kappa shape index (κ2) is 5.04. The highest BCUT2D eigenvalue weighted by Gasteiger charge is 2.36. The molecule has 3 rings (SSSR count). The largest absolute Gasteiger partial charge is 0.310 e. The Labute approximate surface area is 122 Å². The van der Waals surface area contributed by atoms with Crippen molar-refractivity contribution in [3.8, 4) is 0 Å². The third-order valence-corrected chi connectivity index (χ3v) is 3.77. The highest BCUT2D eigenvalue weighted by Crippen LogP contribution is 2.31. The molecule has 0 aromatic heterocycles. The number of benzene rings is 1. The summed E-state index contributed by atoms with van der Waals surface area (Å²) in [5, 5.41) is 3.81. The highest BCUT2D eigenvalue weighted by molar-refractivity contribution is 6.52. The summed E-state index contributed by atoms with van der Waals surface area (Å²) in [4.78, 5) is 25.4. The number of Topliss-reactive ketones (excluding diaryl/α,β-unsaturated/α-hetero) is 1. The van der Waals surface area contributed by atoms with Gasteiger partial charge < -0.3 is 10.2 Å². The Hall–Kier alpha value is -1.65. The highest BCUT2D eigenvalue weighted by atomic mass is 35.5. The molecule has 1 aliphatic carbocycles. The van der Waals surface area contributed by atoms with Crippen molar-refractivity contribution in [2.24, 2.45) is 0 Å². The van der Waals surface area contributed by atoms with Crippen LogP contribution < -0.4 is 10.2 Å². The predicted molar refractivity (Wildman–Crippen MR) is 78.3 cm³/mol. The lowest BCUT2D eigenvalue weighted by molar-refractivity contribution is -0.114. The predicted octanol–water partition coefficient (Wildman–Crippen LogP) is 2.18. The second-order valence-corrected chi connectivity index (χ2v) is 5.72. The number of nitrogens with one attached hydrogen (secondary N) is 1. The van der Waals surface area contributed by atoms with Crippen molar-refractivity contribution in [2.45, 2.75) is 18.9 Å². The number of fused-ring (bicyclic) bond motifs is 1. The van der Waals surface area contributed by atoms with Crippen molar-refractivity contribution < 1.29 is 9.59 Å². The Kier molecular flexibility index (Phi) is 3.36. The molecule has 0 saturated heterocycles. The minimum absolute atomic E-state index is 0.360. The molecular weight excluding hydrogens is 276 g/mol. The van der Waals surface area contributed by atoms with E-state index in [1.54, 1.807) is 18.2 Å². The maximum absolute atomic E-state index is 12.0. The van der Waals surface area contributed by atoms with E-state index in [1.807, 2.05) is 0 Å². The van der Waals surface area contributed by atoms with E-state index >= 15 is 0 Å². The van der Waals surface area contributed by atoms with Crippen molar-refractivity contribution in [3.05, 3.63) is 40.9 Å². The van der Waals surface area contributed by atoms with E-state index in [2.05, 4.69) is 11.9 Å². The van der Waals surface area contributed by atoms with Crippen LogP contribution in [0.4, 0.5) is 5.69 Å². The molecule has 0 spiro atoms. The lowest BCUT2D eigenvalue weighted by Gasteiger charge is -2.18. The van der Waals surface area contributed by atoms with Gasteiger partial charge in [-0.1, -0.05) is 18.2 Å². The molecular formula is C15H15ClN2O2. The maximum Gasteiger partial charge on any atom is 0.299 e. The summed E-state index contributed by atoms with van der Waals surface area (Å²) in [5.41, 5.74) is 1.89. The molecule has 1 saturated carbocycles. The Bertz CT molecular complexity index is 608. The van der Waals surface area contributed by atoms with Gasteiger partial charge in [0.25, 0.3) is 11.7 Å². The smallest absolute Gasteiger partial charge is 0.299 e. The van der Waals surface area contributed by atoms with Gasteiger partial charge in [-0.25, -0.2) is 0 Å². The molecule has 0 bridgehead atoms. The van der Waals surface area contributed by atoms with Crippen molar-refractivity contribution in [3.63, 3.8) is 0 Å². The van der Waals surface area contributed by atoms with Gasteiger partial charge in [0.2, 0.25) is 0 Å². The van der Waals surface area contributed by atoms with Crippen LogP contribution in [0.1, 0.15) is 23.2 Å². The molecule has 0 unspecified atom stereocenters. The van der Waals surface area contributed by atoms with Crippen molar-refractivity contribution >= 4 is 29.0 Å². The van der Waals surface area contributed by atoms with Crippen molar-refractivity contribution in [1.82, 2.24) is 5.32 Å². The van der Waals surface area contributed by atoms with Gasteiger partial charge in [-0.3, -0.25) is 9.59 Å². The third-order valence-electron chi connectivity index (χ3n) is 3.53. The SMILES string of the molecule is C=C(CNC1CC1)CN1C(=O)C(=O)c2cc(Cl)ccc21. The van der Waals surface area contributed by atoms with Crippen LogP contribution >= 0.6 is 11.6 Å². The molecule has 1 fully saturated rings. The van der Waals surface area contributed by atoms with E-state index in [9.17, 15) is 9.59 Å². The van der Waals surface area contributed by atoms with Gasteiger partial charge in [0, 0.05) is 24.2 Å². The first-order valence-corrected chi connectivity index (χ1v) is 7.00. The molecule has 20 heavy (non-hydrogen) atoms. The number of hydrogen-bond donors (Lipinski definition) is 1. The molecule has 1 aliphatic heterocycles. The van der Waals surface area contributed by atoms with Crippen LogP contribution in [0.2, 0.25) is 5.02 Å². The summed E-state index contributed by atoms with van der Waals surface area (Å²) in [7, 11) is 0. The quantitative estimate of drug-likeness (QED) is 0.668. The molecule has 104 valence electrons. The van der Waals surface area contributed by atoms with E-state index in [0.717, 1.165) is 5.57 Å². The Morgan fingerprint density at radius 3 is 2.85 bits per heavy atom. The lowest BCUT2D eigenvalue weighted by atomic mass is 10.1. The van der Waals surface area contributed by atoms with Gasteiger partial charge in [-0.2, -0.15) is 0 Å². The molecule has 2 aliphatic rings. The molecule has 1 N–H and O–H groups in total. The van der Waals surface area contributed by atoms with E-state index in [0.29, 0.717) is 35.4 Å². The standard InChI is InChI=1S/C15H15ClN2O2/c1-9(7-17-11-3-4-11)8-18-13-5-2-10(16)6-12(13)14(19)15(18)20/h2,5-6,11,17H,1,3-4,7-8H2. The molecule has 1 heterocycles. The third kappa shape index (κ3) is 2.49. The van der Waals surface area contributed by atoms with E-state index in [4.69, 9.17) is 11.6 Å². The topological polar surface area (TPSA) is 49.4 Å². The van der Waals surface area contributed by atoms with Crippen LogP contribution in [0.5, 0.6) is 0 Å². The van der Waals surface area contributed by atoms with E-state index in [-0.39, 0.29) is 0 Å². The average molecular weight is 291 g/mol. The van der Waals surface area contributed by atoms with Gasteiger partial charge in [0.1, 0.15) is 0 Å². The molecule has 1 aromatic carbocycles. The normalized spacial score (nSPS) is 17.6. The van der Waals surface area contributed by atoms with Crippen LogP contribution in [0.3, 0.4) is 0 Å². The summed E-state index contributed by atoms with van der Waals surface area (Å²) >= 11 is 5.87. The monoisotopic (exact) mass is 290 g/mol. The molecule has 4 nitrogen and oxygen atoms in total. The average Bonchev–Trinajstić information content (AvgIpc) is 3.22. The number of halogens is 1. The zero-order chi connectivity index (χ0) is 14.3. The number of carbonyl (C=O) groups excluding carboxylic acids is 2. The number of ketones is 1. The number of amides is 1. The van der Waals surface area contributed by atoms with Gasteiger partial charge >= 0.3 is 0 Å². The van der Waals surface area contributed by atoms with Crippen LogP contribution in [0.25, 0.3) is 0 Å². The number of nitrogens with zero attached hydrogens (tertiary/aromatic N) is 1. The Morgan fingerprint density at radius 2 is 2.15 bits per heavy atom. The van der Waals surface area contributed by atoms with Crippen LogP contribution in [-0.2, 0) is 4.79 Å². The summed E-state index contributed by atoms with van der Waals surface area (Å²) in [5.74, 6) is -1.000. The summed E-state index contributed by atoms with van der Waals surface area (Å²) in [6, 6.07) is 5.53. The Morgan fingerprint density at radius 1 is 1.40 bits per heavy atom. The second-order valence-electron chi connectivity index (χ2n) is 5.29. The van der Waals surface area contributed by atoms with E-state index < -0.39 is 11.7 Å². The molecule has 5 heteroatoms. The molecule has 1 amide bonds. The first-order chi connectivity index (χ1) is 9.56. The minimum Gasteiger partial charge on any atom is -0.310 e. The summed E-state index contributed by atoms with van der Waals surface area (Å²) < 4.78 is 0. The van der Waals surface area contributed by atoms with Crippen LogP contribution in [0.15, 0.2) is 30.4 Å². The maximum atomic E-state index is 12.0. The summed E-state index contributed by atoms with van der Waals surface area (Å²) in [6.07, 6.45) is 2.41. The number of rotatable bonds is 5. The number of hydrogen-bond acceptors (Lipinski definition) is 3. The fourth-order valence-corrected chi connectivity index (χ4v) is 2.46. The first-order valence-electron chi connectivity index (χ1n) is 6.62. The summed E-state index contributed by atoms with van der Waals surface area (Å²) in [6.45, 7) is 5.01. The number of carbonyl (C=O) groups is 2. The minimum atomic E-state index is -0.505. The molecule has 0 atom stereocenters. The zero-order valence-corrected chi connectivity index (χ0v) is 11.7. The van der Waals surface area contributed by atoms with Gasteiger partial charge in [0.15, 0.2) is 0 Å². The van der Waals surface area contributed by atoms with Gasteiger partial charge in [-0.15, -0.1) is 0 Å².